The number of hydrogen-bond acceptors (Lipinski definition) is 2. The zero-order valence-electron chi connectivity index (χ0n) is 6.48. The van der Waals surface area contributed by atoms with Crippen LogP contribution in [0.25, 0.3) is 0 Å². The fraction of sp³-hybridized carbons (Fsp3) is 0.125. The summed E-state index contributed by atoms with van der Waals surface area (Å²) in [6.07, 6.45) is 0. The summed E-state index contributed by atoms with van der Waals surface area (Å²) in [5.41, 5.74) is 6.43. The number of Topliss-reactive ketones (excluding diaryl/α,β-unsaturated/α-hetero) is 1. The van der Waals surface area contributed by atoms with Crippen LogP contribution >= 0.6 is 43.5 Å². The van der Waals surface area contributed by atoms with Gasteiger partial charge in [-0.2, -0.15) is 0 Å². The standard InChI is InChI=1S/C8H6Br2ClNO/c9-3-6(13)4-1-2-5(10)7(11)8(4)12/h1-2H,3,12H2. The molecule has 0 spiro atoms. The average Bonchev–Trinajstić information content (AvgIpc) is 2.13. The lowest BCUT2D eigenvalue weighted by atomic mass is 10.1. The lowest BCUT2D eigenvalue weighted by Gasteiger charge is -2.05. The second kappa shape index (κ2) is 4.44. The largest absolute Gasteiger partial charge is 0.397 e. The molecule has 2 nitrogen and oxygen atoms in total. The molecular weight excluding hydrogens is 321 g/mol. The number of alkyl halides is 1. The average molecular weight is 327 g/mol. The molecule has 0 aliphatic rings. The third-order valence-corrected chi connectivity index (χ3v) is 3.36. The number of anilines is 1. The normalized spacial score (nSPS) is 10.1. The Bertz CT molecular complexity index is 354. The van der Waals surface area contributed by atoms with Crippen molar-refractivity contribution in [1.29, 1.82) is 0 Å². The highest BCUT2D eigenvalue weighted by molar-refractivity contribution is 9.10. The van der Waals surface area contributed by atoms with Crippen LogP contribution in [0.4, 0.5) is 5.69 Å². The molecule has 0 aliphatic heterocycles. The van der Waals surface area contributed by atoms with Crippen LogP contribution in [0.2, 0.25) is 5.02 Å². The molecule has 0 saturated heterocycles. The summed E-state index contributed by atoms with van der Waals surface area (Å²) in [7, 11) is 0. The summed E-state index contributed by atoms with van der Waals surface area (Å²) in [6.45, 7) is 0. The van der Waals surface area contributed by atoms with Gasteiger partial charge >= 0.3 is 0 Å². The Labute approximate surface area is 97.7 Å². The minimum atomic E-state index is -0.0769. The van der Waals surface area contributed by atoms with Crippen molar-refractivity contribution in [2.75, 3.05) is 11.1 Å². The first kappa shape index (κ1) is 11.0. The number of rotatable bonds is 2. The van der Waals surface area contributed by atoms with Crippen LogP contribution in [0.1, 0.15) is 10.4 Å². The van der Waals surface area contributed by atoms with Crippen LogP contribution in [0.15, 0.2) is 16.6 Å². The Morgan fingerprint density at radius 3 is 2.69 bits per heavy atom. The van der Waals surface area contributed by atoms with Crippen molar-refractivity contribution in [3.63, 3.8) is 0 Å². The van der Waals surface area contributed by atoms with E-state index in [2.05, 4.69) is 31.9 Å². The minimum Gasteiger partial charge on any atom is -0.397 e. The van der Waals surface area contributed by atoms with Crippen molar-refractivity contribution in [1.82, 2.24) is 0 Å². The first-order valence-corrected chi connectivity index (χ1v) is 5.69. The first-order chi connectivity index (χ1) is 6.07. The lowest BCUT2D eigenvalue weighted by molar-refractivity contribution is 0.102. The molecule has 0 radical (unpaired) electrons. The number of carbonyl (C=O) groups is 1. The molecule has 0 saturated carbocycles. The summed E-state index contributed by atoms with van der Waals surface area (Å²) in [5, 5.41) is 0.626. The molecule has 0 amide bonds. The van der Waals surface area contributed by atoms with Crippen LogP contribution in [0.5, 0.6) is 0 Å². The maximum absolute atomic E-state index is 11.3. The third-order valence-electron chi connectivity index (χ3n) is 1.55. The van der Waals surface area contributed by atoms with Gasteiger partial charge in [0.25, 0.3) is 0 Å². The Morgan fingerprint density at radius 1 is 1.54 bits per heavy atom. The van der Waals surface area contributed by atoms with Gasteiger partial charge < -0.3 is 5.73 Å². The molecule has 0 atom stereocenters. The van der Waals surface area contributed by atoms with E-state index in [9.17, 15) is 4.79 Å². The van der Waals surface area contributed by atoms with Gasteiger partial charge in [-0.25, -0.2) is 0 Å². The minimum absolute atomic E-state index is 0.0769. The van der Waals surface area contributed by atoms with Crippen molar-refractivity contribution in [3.8, 4) is 0 Å². The molecule has 0 aromatic heterocycles. The molecule has 70 valence electrons. The molecule has 1 rings (SSSR count). The van der Waals surface area contributed by atoms with Crippen molar-refractivity contribution < 1.29 is 4.79 Å². The third kappa shape index (κ3) is 2.24. The van der Waals surface area contributed by atoms with Crippen LogP contribution in [0.3, 0.4) is 0 Å². The predicted molar refractivity (Wildman–Crippen MR) is 61.7 cm³/mol. The van der Waals surface area contributed by atoms with Gasteiger partial charge in [-0.3, -0.25) is 4.79 Å². The molecule has 0 heterocycles. The second-order valence-electron chi connectivity index (χ2n) is 2.38. The number of nitrogens with two attached hydrogens (primary N) is 1. The van der Waals surface area contributed by atoms with Gasteiger partial charge in [-0.1, -0.05) is 27.5 Å². The van der Waals surface area contributed by atoms with Crippen LogP contribution < -0.4 is 5.73 Å². The monoisotopic (exact) mass is 325 g/mol. The topological polar surface area (TPSA) is 43.1 Å². The molecule has 1 aromatic carbocycles. The smallest absolute Gasteiger partial charge is 0.175 e. The maximum atomic E-state index is 11.3. The van der Waals surface area contributed by atoms with Crippen molar-refractivity contribution >= 4 is 54.9 Å². The highest BCUT2D eigenvalue weighted by Crippen LogP contribution is 2.31. The number of benzene rings is 1. The summed E-state index contributed by atoms with van der Waals surface area (Å²) < 4.78 is 0.692. The number of hydrogen-bond donors (Lipinski definition) is 1. The summed E-state index contributed by atoms with van der Waals surface area (Å²) in [4.78, 5) is 11.3. The molecule has 1 aromatic rings. The van der Waals surface area contributed by atoms with E-state index in [0.717, 1.165) is 0 Å². The van der Waals surface area contributed by atoms with E-state index in [1.807, 2.05) is 0 Å². The van der Waals surface area contributed by atoms with E-state index >= 15 is 0 Å². The highest BCUT2D eigenvalue weighted by Gasteiger charge is 2.12. The lowest BCUT2D eigenvalue weighted by Crippen LogP contribution is -2.05. The van der Waals surface area contributed by atoms with Crippen LogP contribution in [-0.2, 0) is 0 Å². The Balaban J connectivity index is 3.26. The van der Waals surface area contributed by atoms with Crippen LogP contribution in [0, 0.1) is 0 Å². The molecule has 0 unspecified atom stereocenters. The Morgan fingerprint density at radius 2 is 2.15 bits per heavy atom. The van der Waals surface area contributed by atoms with Gasteiger partial charge in [0.15, 0.2) is 5.78 Å². The van der Waals surface area contributed by atoms with E-state index in [1.54, 1.807) is 12.1 Å². The van der Waals surface area contributed by atoms with Gasteiger partial charge in [0.05, 0.1) is 16.0 Å². The van der Waals surface area contributed by atoms with Crippen molar-refractivity contribution in [2.45, 2.75) is 0 Å². The maximum Gasteiger partial charge on any atom is 0.175 e. The zero-order chi connectivity index (χ0) is 10.0. The molecule has 0 aliphatic carbocycles. The van der Waals surface area contributed by atoms with Gasteiger partial charge in [0, 0.05) is 10.0 Å². The molecular formula is C8H6Br2ClNO. The van der Waals surface area contributed by atoms with Crippen LogP contribution in [-0.4, -0.2) is 11.1 Å². The summed E-state index contributed by atoms with van der Waals surface area (Å²) in [5.74, 6) is -0.0769. The van der Waals surface area contributed by atoms with Gasteiger partial charge in [-0.05, 0) is 28.1 Å². The predicted octanol–water partition coefficient (Wildman–Crippen LogP) is 3.26. The van der Waals surface area contributed by atoms with Crippen molar-refractivity contribution in [2.24, 2.45) is 0 Å². The Kier molecular flexibility index (Phi) is 3.76. The number of ketones is 1. The first-order valence-electron chi connectivity index (χ1n) is 3.40. The number of nitrogen functional groups attached to an aromatic ring is 1. The SMILES string of the molecule is Nc1c(C(=O)CBr)ccc(Br)c1Cl. The molecule has 5 heteroatoms. The van der Waals surface area contributed by atoms with E-state index in [4.69, 9.17) is 17.3 Å². The zero-order valence-corrected chi connectivity index (χ0v) is 10.4. The Hall–Kier alpha value is -0.0600. The fourth-order valence-electron chi connectivity index (χ4n) is 0.881. The second-order valence-corrected chi connectivity index (χ2v) is 4.17. The quantitative estimate of drug-likeness (QED) is 0.515. The number of carbonyl (C=O) groups excluding carboxylic acids is 1. The van der Waals surface area contributed by atoms with Gasteiger partial charge in [0.1, 0.15) is 0 Å². The number of halogens is 3. The fourth-order valence-corrected chi connectivity index (χ4v) is 1.69. The van der Waals surface area contributed by atoms with Gasteiger partial charge in [-0.15, -0.1) is 0 Å². The molecule has 13 heavy (non-hydrogen) atoms. The van der Waals surface area contributed by atoms with E-state index < -0.39 is 0 Å². The van der Waals surface area contributed by atoms with E-state index in [1.165, 1.54) is 0 Å². The molecule has 2 N–H and O–H groups in total. The highest BCUT2D eigenvalue weighted by atomic mass is 79.9. The molecule has 0 fully saturated rings. The van der Waals surface area contributed by atoms with E-state index in [-0.39, 0.29) is 11.1 Å². The van der Waals surface area contributed by atoms with Crippen molar-refractivity contribution in [3.05, 3.63) is 27.2 Å². The summed E-state index contributed by atoms with van der Waals surface area (Å²) >= 11 is 12.1. The van der Waals surface area contributed by atoms with E-state index in [0.29, 0.717) is 20.7 Å². The van der Waals surface area contributed by atoms with Gasteiger partial charge in [0.2, 0.25) is 0 Å². The molecule has 0 bridgehead atoms. The summed E-state index contributed by atoms with van der Waals surface area (Å²) in [6, 6.07) is 3.35.